The van der Waals surface area contributed by atoms with Crippen LogP contribution in [0.3, 0.4) is 0 Å². The van der Waals surface area contributed by atoms with Gasteiger partial charge < -0.3 is 20.1 Å². The van der Waals surface area contributed by atoms with Gasteiger partial charge in [-0.05, 0) is 37.6 Å². The molecule has 0 bridgehead atoms. The lowest BCUT2D eigenvalue weighted by molar-refractivity contribution is -0.120. The van der Waals surface area contributed by atoms with Gasteiger partial charge in [-0.15, -0.1) is 0 Å². The number of anilines is 1. The fraction of sp³-hybridized carbons (Fsp3) is 0.300. The first-order valence-electron chi connectivity index (χ1n) is 9.22. The smallest absolute Gasteiger partial charge is 0.262 e. The van der Waals surface area contributed by atoms with E-state index in [2.05, 4.69) is 15.4 Å². The average Bonchev–Trinajstić information content (AvgIpc) is 2.72. The quantitative estimate of drug-likeness (QED) is 0.518. The molecule has 0 aliphatic carbocycles. The second-order valence-corrected chi connectivity index (χ2v) is 8.47. The van der Waals surface area contributed by atoms with Crippen molar-refractivity contribution in [3.8, 4) is 11.5 Å². The van der Waals surface area contributed by atoms with Gasteiger partial charge in [-0.2, -0.15) is 0 Å². The van der Waals surface area contributed by atoms with Gasteiger partial charge in [-0.1, -0.05) is 17.7 Å². The lowest BCUT2D eigenvalue weighted by Crippen LogP contribution is -2.36. The van der Waals surface area contributed by atoms with Gasteiger partial charge in [0.25, 0.3) is 15.9 Å². The molecular weight excluding hydrogens is 446 g/mol. The summed E-state index contributed by atoms with van der Waals surface area (Å²) in [6.45, 7) is 3.58. The third-order valence-electron chi connectivity index (χ3n) is 4.24. The van der Waals surface area contributed by atoms with Crippen molar-refractivity contribution in [2.75, 3.05) is 32.0 Å². The Bertz CT molecular complexity index is 1090. The molecule has 168 valence electrons. The van der Waals surface area contributed by atoms with E-state index < -0.39 is 15.9 Å². The molecule has 0 saturated carbocycles. The van der Waals surface area contributed by atoms with Crippen LogP contribution in [0.5, 0.6) is 11.5 Å². The number of benzene rings is 2. The number of ether oxygens (including phenoxy) is 2. The fourth-order valence-electron chi connectivity index (χ4n) is 2.69. The number of likely N-dealkylation sites (N-methyl/N-ethyl adjacent to an activating group) is 1. The summed E-state index contributed by atoms with van der Waals surface area (Å²) >= 11 is 6.11. The van der Waals surface area contributed by atoms with Crippen molar-refractivity contribution >= 4 is 39.1 Å². The van der Waals surface area contributed by atoms with Crippen LogP contribution in [0, 0.1) is 6.92 Å². The standard InChI is InChI=1S/C20H24ClN3O6S/c1-5-22-19(25)11-23-20(26)13-7-6-12(2)18(8-13)31(27,28)24-15-9-14(21)16(29-3)10-17(15)30-4/h6-10,24H,5,11H2,1-4H3,(H,22,25)(H,23,26). The number of halogens is 1. The molecule has 9 nitrogen and oxygen atoms in total. The zero-order chi connectivity index (χ0) is 23.2. The molecule has 0 heterocycles. The van der Waals surface area contributed by atoms with E-state index in [0.29, 0.717) is 17.9 Å². The summed E-state index contributed by atoms with van der Waals surface area (Å²) in [6, 6.07) is 7.05. The number of carbonyl (C=O) groups is 2. The normalized spacial score (nSPS) is 10.9. The first-order chi connectivity index (χ1) is 14.6. The molecule has 0 atom stereocenters. The number of methoxy groups -OCH3 is 2. The third-order valence-corrected chi connectivity index (χ3v) is 6.04. The maximum atomic E-state index is 13.0. The molecule has 2 amide bonds. The maximum Gasteiger partial charge on any atom is 0.262 e. The van der Waals surface area contributed by atoms with Crippen molar-refractivity contribution in [1.82, 2.24) is 10.6 Å². The molecule has 0 unspecified atom stereocenters. The van der Waals surface area contributed by atoms with Crippen molar-refractivity contribution < 1.29 is 27.5 Å². The summed E-state index contributed by atoms with van der Waals surface area (Å²) in [6.07, 6.45) is 0. The topological polar surface area (TPSA) is 123 Å². The van der Waals surface area contributed by atoms with E-state index in [1.165, 1.54) is 44.6 Å². The van der Waals surface area contributed by atoms with Gasteiger partial charge in [0.2, 0.25) is 5.91 Å². The SMILES string of the molecule is CCNC(=O)CNC(=O)c1ccc(C)c(S(=O)(=O)Nc2cc(Cl)c(OC)cc2OC)c1. The van der Waals surface area contributed by atoms with Crippen LogP contribution < -0.4 is 24.8 Å². The van der Waals surface area contributed by atoms with Crippen LogP contribution in [0.1, 0.15) is 22.8 Å². The van der Waals surface area contributed by atoms with Crippen LogP contribution in [0.25, 0.3) is 0 Å². The Hall–Kier alpha value is -2.98. The van der Waals surface area contributed by atoms with Gasteiger partial charge >= 0.3 is 0 Å². The summed E-state index contributed by atoms with van der Waals surface area (Å²) in [5.74, 6) is -0.393. The Labute approximate surface area is 186 Å². The predicted molar refractivity (Wildman–Crippen MR) is 118 cm³/mol. The molecule has 0 spiro atoms. The highest BCUT2D eigenvalue weighted by molar-refractivity contribution is 7.92. The zero-order valence-corrected chi connectivity index (χ0v) is 19.1. The van der Waals surface area contributed by atoms with Gasteiger partial charge in [0.1, 0.15) is 11.5 Å². The van der Waals surface area contributed by atoms with E-state index in [1.54, 1.807) is 13.8 Å². The lowest BCUT2D eigenvalue weighted by Gasteiger charge is -2.16. The minimum Gasteiger partial charge on any atom is -0.495 e. The maximum absolute atomic E-state index is 13.0. The van der Waals surface area contributed by atoms with Gasteiger partial charge in [-0.3, -0.25) is 14.3 Å². The number of nitrogens with one attached hydrogen (secondary N) is 3. The van der Waals surface area contributed by atoms with Gasteiger partial charge in [0.15, 0.2) is 0 Å². The first-order valence-corrected chi connectivity index (χ1v) is 11.1. The summed E-state index contributed by atoms with van der Waals surface area (Å²) in [4.78, 5) is 23.8. The molecule has 0 fully saturated rings. The number of hydrogen-bond donors (Lipinski definition) is 3. The highest BCUT2D eigenvalue weighted by Gasteiger charge is 2.22. The Morgan fingerprint density at radius 1 is 1.03 bits per heavy atom. The monoisotopic (exact) mass is 469 g/mol. The van der Waals surface area contributed by atoms with E-state index >= 15 is 0 Å². The molecule has 31 heavy (non-hydrogen) atoms. The van der Waals surface area contributed by atoms with Crippen LogP contribution in [-0.4, -0.2) is 47.5 Å². The second-order valence-electron chi connectivity index (χ2n) is 6.41. The number of aryl methyl sites for hydroxylation is 1. The van der Waals surface area contributed by atoms with Gasteiger partial charge in [-0.25, -0.2) is 8.42 Å². The third kappa shape index (κ3) is 6.02. The van der Waals surface area contributed by atoms with Crippen LogP contribution in [0.2, 0.25) is 5.02 Å². The number of rotatable bonds is 9. The van der Waals surface area contributed by atoms with E-state index in [-0.39, 0.29) is 39.4 Å². The molecule has 0 radical (unpaired) electrons. The van der Waals surface area contributed by atoms with Crippen LogP contribution >= 0.6 is 11.6 Å². The van der Waals surface area contributed by atoms with Crippen LogP contribution in [-0.2, 0) is 14.8 Å². The molecule has 0 saturated heterocycles. The van der Waals surface area contributed by atoms with Crippen molar-refractivity contribution in [1.29, 1.82) is 0 Å². The molecule has 2 rings (SSSR count). The average molecular weight is 470 g/mol. The summed E-state index contributed by atoms with van der Waals surface area (Å²) in [5.41, 5.74) is 0.625. The van der Waals surface area contributed by atoms with Crippen LogP contribution in [0.4, 0.5) is 5.69 Å². The van der Waals surface area contributed by atoms with Crippen molar-refractivity contribution in [2.45, 2.75) is 18.7 Å². The first kappa shape index (κ1) is 24.3. The summed E-state index contributed by atoms with van der Waals surface area (Å²) < 4.78 is 38.9. The minimum atomic E-state index is -4.10. The predicted octanol–water partition coefficient (Wildman–Crippen LogP) is 2.33. The largest absolute Gasteiger partial charge is 0.495 e. The van der Waals surface area contributed by atoms with E-state index in [0.717, 1.165) is 0 Å². The summed E-state index contributed by atoms with van der Waals surface area (Å²) in [5, 5.41) is 5.20. The Kier molecular flexibility index (Phi) is 8.12. The molecule has 0 aliphatic rings. The van der Waals surface area contributed by atoms with Gasteiger partial charge in [0, 0.05) is 18.2 Å². The Balaban J connectivity index is 2.33. The minimum absolute atomic E-state index is 0.0926. The van der Waals surface area contributed by atoms with Crippen LogP contribution in [0.15, 0.2) is 35.2 Å². The van der Waals surface area contributed by atoms with Crippen molar-refractivity contribution in [2.24, 2.45) is 0 Å². The lowest BCUT2D eigenvalue weighted by atomic mass is 10.1. The van der Waals surface area contributed by atoms with Crippen molar-refractivity contribution in [3.05, 3.63) is 46.5 Å². The molecule has 2 aromatic carbocycles. The zero-order valence-electron chi connectivity index (χ0n) is 17.5. The summed E-state index contributed by atoms with van der Waals surface area (Å²) in [7, 11) is -1.29. The number of hydrogen-bond acceptors (Lipinski definition) is 6. The molecule has 0 aromatic heterocycles. The molecule has 0 aliphatic heterocycles. The molecule has 11 heteroatoms. The molecule has 2 aromatic rings. The van der Waals surface area contributed by atoms with Gasteiger partial charge in [0.05, 0.1) is 36.4 Å². The van der Waals surface area contributed by atoms with Crippen molar-refractivity contribution in [3.63, 3.8) is 0 Å². The number of sulfonamides is 1. The fourth-order valence-corrected chi connectivity index (χ4v) is 4.27. The highest BCUT2D eigenvalue weighted by atomic mass is 35.5. The molecule has 3 N–H and O–H groups in total. The number of carbonyl (C=O) groups excluding carboxylic acids is 2. The van der Waals surface area contributed by atoms with E-state index in [4.69, 9.17) is 21.1 Å². The van der Waals surface area contributed by atoms with E-state index in [9.17, 15) is 18.0 Å². The molecular formula is C20H24ClN3O6S. The Morgan fingerprint density at radius 3 is 2.32 bits per heavy atom. The second kappa shape index (κ2) is 10.4. The Morgan fingerprint density at radius 2 is 1.71 bits per heavy atom. The highest BCUT2D eigenvalue weighted by Crippen LogP contribution is 2.37. The van der Waals surface area contributed by atoms with E-state index in [1.807, 2.05) is 0 Å². The number of amides is 2.